The Morgan fingerprint density at radius 2 is 1.73 bits per heavy atom. The molecular formula is C18H20O3S. The van der Waals surface area contributed by atoms with Gasteiger partial charge in [0.15, 0.2) is 0 Å². The Balaban J connectivity index is 2.11. The van der Waals surface area contributed by atoms with E-state index < -0.39 is 10.1 Å². The van der Waals surface area contributed by atoms with Crippen molar-refractivity contribution in [3.05, 3.63) is 78.4 Å². The molecule has 0 aliphatic rings. The van der Waals surface area contributed by atoms with E-state index >= 15 is 0 Å². The third kappa shape index (κ3) is 4.29. The van der Waals surface area contributed by atoms with Gasteiger partial charge in [0, 0.05) is 5.92 Å². The van der Waals surface area contributed by atoms with E-state index in [1.807, 2.05) is 37.3 Å². The summed E-state index contributed by atoms with van der Waals surface area (Å²) in [7, 11) is -3.73. The van der Waals surface area contributed by atoms with Crippen molar-refractivity contribution in [2.45, 2.75) is 24.2 Å². The highest BCUT2D eigenvalue weighted by Crippen LogP contribution is 2.23. The Kier molecular flexibility index (Phi) is 5.52. The molecule has 0 heterocycles. The van der Waals surface area contributed by atoms with Crippen molar-refractivity contribution in [3.8, 4) is 0 Å². The van der Waals surface area contributed by atoms with E-state index in [1.165, 1.54) is 0 Å². The monoisotopic (exact) mass is 316 g/mol. The first-order valence-corrected chi connectivity index (χ1v) is 8.55. The Morgan fingerprint density at radius 1 is 1.09 bits per heavy atom. The van der Waals surface area contributed by atoms with Crippen LogP contribution < -0.4 is 0 Å². The van der Waals surface area contributed by atoms with Crippen molar-refractivity contribution in [2.75, 3.05) is 6.61 Å². The smallest absolute Gasteiger partial charge is 0.266 e. The van der Waals surface area contributed by atoms with E-state index in [0.29, 0.717) is 6.42 Å². The number of allylic oxidation sites excluding steroid dienone is 1. The van der Waals surface area contributed by atoms with Crippen molar-refractivity contribution in [2.24, 2.45) is 0 Å². The summed E-state index contributed by atoms with van der Waals surface area (Å²) in [6.45, 7) is 5.75. The number of hydrogen-bond acceptors (Lipinski definition) is 3. The van der Waals surface area contributed by atoms with Gasteiger partial charge in [-0.05, 0) is 31.0 Å². The molecule has 1 unspecified atom stereocenters. The van der Waals surface area contributed by atoms with Crippen LogP contribution in [-0.2, 0) is 14.3 Å². The number of rotatable bonds is 7. The Labute approximate surface area is 132 Å². The van der Waals surface area contributed by atoms with E-state index in [-0.39, 0.29) is 17.4 Å². The molecule has 0 saturated carbocycles. The Hall–Kier alpha value is -1.91. The van der Waals surface area contributed by atoms with Crippen LogP contribution in [0.25, 0.3) is 0 Å². The van der Waals surface area contributed by atoms with E-state index in [2.05, 4.69) is 6.58 Å². The molecule has 0 amide bonds. The molecule has 2 aromatic rings. The summed E-state index contributed by atoms with van der Waals surface area (Å²) >= 11 is 0. The summed E-state index contributed by atoms with van der Waals surface area (Å²) < 4.78 is 29.7. The number of aryl methyl sites for hydroxylation is 1. The summed E-state index contributed by atoms with van der Waals surface area (Å²) in [6.07, 6.45) is 2.44. The molecule has 22 heavy (non-hydrogen) atoms. The molecule has 0 aliphatic heterocycles. The van der Waals surface area contributed by atoms with Gasteiger partial charge in [0.05, 0.1) is 11.5 Å². The van der Waals surface area contributed by atoms with Gasteiger partial charge in [-0.3, -0.25) is 4.18 Å². The van der Waals surface area contributed by atoms with Crippen LogP contribution in [0.5, 0.6) is 0 Å². The van der Waals surface area contributed by atoms with E-state index in [4.69, 9.17) is 4.18 Å². The molecule has 1 atom stereocenters. The van der Waals surface area contributed by atoms with Gasteiger partial charge in [0.25, 0.3) is 10.1 Å². The second-order valence-electron chi connectivity index (χ2n) is 5.18. The molecule has 0 spiro atoms. The quantitative estimate of drug-likeness (QED) is 0.571. The molecule has 0 radical (unpaired) electrons. The molecule has 2 aromatic carbocycles. The van der Waals surface area contributed by atoms with Crippen LogP contribution in [0, 0.1) is 6.92 Å². The summed E-state index contributed by atoms with van der Waals surface area (Å²) in [6, 6.07) is 16.4. The van der Waals surface area contributed by atoms with E-state index in [1.54, 1.807) is 30.3 Å². The summed E-state index contributed by atoms with van der Waals surface area (Å²) in [4.78, 5) is 0.184. The largest absolute Gasteiger partial charge is 0.296 e. The number of benzene rings is 2. The molecule has 116 valence electrons. The Morgan fingerprint density at radius 3 is 2.32 bits per heavy atom. The predicted molar refractivity (Wildman–Crippen MR) is 88.3 cm³/mol. The molecule has 0 aromatic heterocycles. The first-order valence-electron chi connectivity index (χ1n) is 7.15. The Bertz CT molecular complexity index is 704. The zero-order chi connectivity index (χ0) is 16.0. The minimum Gasteiger partial charge on any atom is -0.266 e. The lowest BCUT2D eigenvalue weighted by Crippen LogP contribution is -2.13. The van der Waals surface area contributed by atoms with Crippen molar-refractivity contribution >= 4 is 10.1 Å². The normalized spacial score (nSPS) is 12.8. The van der Waals surface area contributed by atoms with Gasteiger partial charge < -0.3 is 0 Å². The average Bonchev–Trinajstić information content (AvgIpc) is 2.53. The molecule has 0 aliphatic carbocycles. The zero-order valence-corrected chi connectivity index (χ0v) is 13.4. The summed E-state index contributed by atoms with van der Waals surface area (Å²) in [5, 5.41) is 0. The fourth-order valence-corrected chi connectivity index (χ4v) is 3.12. The van der Waals surface area contributed by atoms with Gasteiger partial charge >= 0.3 is 0 Å². The van der Waals surface area contributed by atoms with Crippen LogP contribution in [0.1, 0.15) is 23.5 Å². The third-order valence-electron chi connectivity index (χ3n) is 3.46. The van der Waals surface area contributed by atoms with Gasteiger partial charge in [0.1, 0.15) is 0 Å². The molecule has 3 nitrogen and oxygen atoms in total. The van der Waals surface area contributed by atoms with Crippen LogP contribution in [-0.4, -0.2) is 15.0 Å². The van der Waals surface area contributed by atoms with Crippen LogP contribution in [0.15, 0.2) is 72.1 Å². The van der Waals surface area contributed by atoms with Crippen LogP contribution in [0.3, 0.4) is 0 Å². The molecule has 0 saturated heterocycles. The van der Waals surface area contributed by atoms with Gasteiger partial charge in [-0.1, -0.05) is 54.1 Å². The maximum atomic E-state index is 12.2. The lowest BCUT2D eigenvalue weighted by molar-refractivity contribution is 0.291. The number of hydrogen-bond donors (Lipinski definition) is 0. The van der Waals surface area contributed by atoms with Crippen molar-refractivity contribution in [1.82, 2.24) is 0 Å². The predicted octanol–water partition coefficient (Wildman–Crippen LogP) is 4.06. The lowest BCUT2D eigenvalue weighted by atomic mass is 9.97. The standard InChI is InChI=1S/C18H20O3S/c1-3-7-17(16-8-5-4-6-9-16)14-21-22(19,20)18-12-10-15(2)11-13-18/h3-6,8-13,17H,1,7,14H2,2H3. The maximum Gasteiger partial charge on any atom is 0.296 e. The van der Waals surface area contributed by atoms with Crippen molar-refractivity contribution in [1.29, 1.82) is 0 Å². The molecule has 0 fully saturated rings. The minimum atomic E-state index is -3.73. The topological polar surface area (TPSA) is 43.4 Å². The van der Waals surface area contributed by atoms with E-state index in [9.17, 15) is 8.42 Å². The van der Waals surface area contributed by atoms with Crippen LogP contribution in [0.4, 0.5) is 0 Å². The van der Waals surface area contributed by atoms with Gasteiger partial charge in [-0.15, -0.1) is 6.58 Å². The fraction of sp³-hybridized carbons (Fsp3) is 0.222. The molecular weight excluding hydrogens is 296 g/mol. The minimum absolute atomic E-state index is 0.0288. The highest BCUT2D eigenvalue weighted by molar-refractivity contribution is 7.86. The van der Waals surface area contributed by atoms with Crippen LogP contribution in [0.2, 0.25) is 0 Å². The SMILES string of the molecule is C=CCC(COS(=O)(=O)c1ccc(C)cc1)c1ccccc1. The van der Waals surface area contributed by atoms with Gasteiger partial charge in [-0.2, -0.15) is 8.42 Å². The lowest BCUT2D eigenvalue weighted by Gasteiger charge is -2.15. The second-order valence-corrected chi connectivity index (χ2v) is 6.80. The van der Waals surface area contributed by atoms with Crippen molar-refractivity contribution in [3.63, 3.8) is 0 Å². The van der Waals surface area contributed by atoms with Gasteiger partial charge in [0.2, 0.25) is 0 Å². The summed E-state index contributed by atoms with van der Waals surface area (Å²) in [5.74, 6) is -0.0288. The maximum absolute atomic E-state index is 12.2. The summed E-state index contributed by atoms with van der Waals surface area (Å²) in [5.41, 5.74) is 2.05. The molecule has 0 bridgehead atoms. The molecule has 2 rings (SSSR count). The second kappa shape index (κ2) is 7.38. The highest BCUT2D eigenvalue weighted by Gasteiger charge is 2.18. The van der Waals surface area contributed by atoms with Gasteiger partial charge in [-0.25, -0.2) is 0 Å². The third-order valence-corrected chi connectivity index (χ3v) is 4.75. The molecule has 0 N–H and O–H groups in total. The molecule has 4 heteroatoms. The van der Waals surface area contributed by atoms with Crippen LogP contribution >= 0.6 is 0 Å². The zero-order valence-electron chi connectivity index (χ0n) is 12.6. The first kappa shape index (κ1) is 16.5. The van der Waals surface area contributed by atoms with Crippen molar-refractivity contribution < 1.29 is 12.6 Å². The highest BCUT2D eigenvalue weighted by atomic mass is 32.2. The average molecular weight is 316 g/mol. The fourth-order valence-electron chi connectivity index (χ4n) is 2.17. The van der Waals surface area contributed by atoms with E-state index in [0.717, 1.165) is 11.1 Å². The first-order chi connectivity index (χ1) is 10.5.